The summed E-state index contributed by atoms with van der Waals surface area (Å²) in [6.45, 7) is 0.723. The Morgan fingerprint density at radius 3 is 2.62 bits per heavy atom. The van der Waals surface area contributed by atoms with Gasteiger partial charge < -0.3 is 10.6 Å². The zero-order valence-corrected chi connectivity index (χ0v) is 14.4. The molecule has 114 valence electrons. The largest absolute Gasteiger partial charge is 0.370 e. The van der Waals surface area contributed by atoms with E-state index in [9.17, 15) is 0 Å². The van der Waals surface area contributed by atoms with Crippen LogP contribution >= 0.6 is 27.5 Å². The topological polar surface area (TPSA) is 41.6 Å². The van der Waals surface area contributed by atoms with Crippen molar-refractivity contribution in [3.8, 4) is 0 Å². The van der Waals surface area contributed by atoms with E-state index in [2.05, 4.69) is 25.8 Å². The fourth-order valence-electron chi connectivity index (χ4n) is 3.50. The highest BCUT2D eigenvalue weighted by Crippen LogP contribution is 2.36. The molecule has 2 aliphatic rings. The minimum absolute atomic E-state index is 0.209. The summed E-state index contributed by atoms with van der Waals surface area (Å²) in [5.74, 6) is 0.693. The third kappa shape index (κ3) is 3.21. The van der Waals surface area contributed by atoms with Gasteiger partial charge in [0.15, 0.2) is 5.96 Å². The second kappa shape index (κ2) is 6.57. The quantitative estimate of drug-likeness (QED) is 0.779. The Morgan fingerprint density at radius 1 is 1.19 bits per heavy atom. The number of nitrogens with zero attached hydrogens (tertiary/aromatic N) is 2. The molecule has 1 fully saturated rings. The van der Waals surface area contributed by atoms with Crippen molar-refractivity contribution in [2.24, 2.45) is 10.7 Å². The molecule has 0 aromatic heterocycles. The molecule has 0 radical (unpaired) electrons. The van der Waals surface area contributed by atoms with Gasteiger partial charge in [0.2, 0.25) is 0 Å². The summed E-state index contributed by atoms with van der Waals surface area (Å²) in [5.41, 5.74) is 7.40. The van der Waals surface area contributed by atoms with Crippen LogP contribution in [-0.2, 0) is 0 Å². The molecule has 1 aromatic rings. The number of aliphatic imine (C=N–C) groups is 1. The van der Waals surface area contributed by atoms with Crippen molar-refractivity contribution in [3.63, 3.8) is 0 Å². The van der Waals surface area contributed by atoms with Gasteiger partial charge in [-0.1, -0.05) is 53.2 Å². The first-order valence-corrected chi connectivity index (χ1v) is 8.87. The monoisotopic (exact) mass is 369 g/mol. The van der Waals surface area contributed by atoms with Crippen LogP contribution in [0.2, 0.25) is 5.02 Å². The van der Waals surface area contributed by atoms with E-state index >= 15 is 0 Å². The van der Waals surface area contributed by atoms with E-state index in [-0.39, 0.29) is 6.04 Å². The summed E-state index contributed by atoms with van der Waals surface area (Å²) in [6, 6.07) is 6.67. The minimum atomic E-state index is 0.209. The summed E-state index contributed by atoms with van der Waals surface area (Å²) in [7, 11) is 0. The number of benzene rings is 1. The molecule has 1 aliphatic heterocycles. The van der Waals surface area contributed by atoms with E-state index in [1.54, 1.807) is 0 Å². The van der Waals surface area contributed by atoms with Gasteiger partial charge in [-0.25, -0.2) is 0 Å². The highest BCUT2D eigenvalue weighted by atomic mass is 79.9. The average Bonchev–Trinajstić information content (AvgIpc) is 2.69. The van der Waals surface area contributed by atoms with E-state index in [4.69, 9.17) is 17.3 Å². The smallest absolute Gasteiger partial charge is 0.192 e. The van der Waals surface area contributed by atoms with Crippen molar-refractivity contribution in [1.29, 1.82) is 0 Å². The Kier molecular flexibility index (Phi) is 4.75. The molecule has 0 saturated heterocycles. The van der Waals surface area contributed by atoms with E-state index in [0.717, 1.165) is 16.0 Å². The Bertz CT molecular complexity index is 538. The Hall–Kier alpha value is -0.740. The van der Waals surface area contributed by atoms with Gasteiger partial charge in [0.25, 0.3) is 0 Å². The molecular weight excluding hydrogens is 350 g/mol. The van der Waals surface area contributed by atoms with Crippen LogP contribution in [-0.4, -0.2) is 23.4 Å². The van der Waals surface area contributed by atoms with Gasteiger partial charge in [-0.05, 0) is 36.6 Å². The molecule has 0 spiro atoms. The number of rotatable bonds is 2. The molecule has 1 unspecified atom stereocenters. The molecule has 1 atom stereocenters. The first-order chi connectivity index (χ1) is 10.2. The molecule has 0 bridgehead atoms. The normalized spacial score (nSPS) is 24.0. The van der Waals surface area contributed by atoms with E-state index in [0.29, 0.717) is 12.0 Å². The van der Waals surface area contributed by atoms with Gasteiger partial charge in [0.1, 0.15) is 0 Å². The predicted molar refractivity (Wildman–Crippen MR) is 91.7 cm³/mol. The molecule has 1 aromatic carbocycles. The molecule has 1 aliphatic carbocycles. The summed E-state index contributed by atoms with van der Waals surface area (Å²) in [5, 5.41) is 0.763. The molecule has 1 heterocycles. The summed E-state index contributed by atoms with van der Waals surface area (Å²) < 4.78 is 1.08. The van der Waals surface area contributed by atoms with Crippen molar-refractivity contribution < 1.29 is 0 Å². The number of nitrogens with two attached hydrogens (primary N) is 1. The van der Waals surface area contributed by atoms with Crippen molar-refractivity contribution >= 4 is 33.5 Å². The number of guanidine groups is 1. The second-order valence-corrected chi connectivity index (χ2v) is 7.22. The molecule has 1 saturated carbocycles. The molecule has 0 amide bonds. The molecule has 3 rings (SSSR count). The van der Waals surface area contributed by atoms with E-state index in [1.807, 2.05) is 18.2 Å². The van der Waals surface area contributed by atoms with Crippen LogP contribution in [0.15, 0.2) is 27.7 Å². The zero-order valence-electron chi connectivity index (χ0n) is 12.1. The van der Waals surface area contributed by atoms with E-state index in [1.165, 1.54) is 44.1 Å². The number of halogens is 2. The van der Waals surface area contributed by atoms with Crippen molar-refractivity contribution in [2.45, 2.75) is 50.6 Å². The summed E-state index contributed by atoms with van der Waals surface area (Å²) in [6.07, 6.45) is 7.69. The zero-order chi connectivity index (χ0) is 14.8. The lowest BCUT2D eigenvalue weighted by molar-refractivity contribution is 0.237. The molecule has 2 N–H and O–H groups in total. The Balaban J connectivity index is 1.89. The van der Waals surface area contributed by atoms with Crippen LogP contribution in [0, 0.1) is 0 Å². The fourth-order valence-corrected chi connectivity index (χ4v) is 4.20. The van der Waals surface area contributed by atoms with Crippen molar-refractivity contribution in [3.05, 3.63) is 33.3 Å². The maximum Gasteiger partial charge on any atom is 0.192 e. The highest BCUT2D eigenvalue weighted by molar-refractivity contribution is 9.10. The van der Waals surface area contributed by atoms with E-state index < -0.39 is 0 Å². The van der Waals surface area contributed by atoms with Crippen LogP contribution < -0.4 is 5.73 Å². The van der Waals surface area contributed by atoms with Crippen LogP contribution in [0.5, 0.6) is 0 Å². The summed E-state index contributed by atoms with van der Waals surface area (Å²) >= 11 is 9.83. The SMILES string of the molecule is NC1=NCC(c2cc(Cl)ccc2Br)N1C1CCCCCC1. The lowest BCUT2D eigenvalue weighted by atomic mass is 10.0. The predicted octanol–water partition coefficient (Wildman–Crippen LogP) is 4.50. The minimum Gasteiger partial charge on any atom is -0.370 e. The van der Waals surface area contributed by atoms with Crippen LogP contribution in [0.3, 0.4) is 0 Å². The van der Waals surface area contributed by atoms with Gasteiger partial charge >= 0.3 is 0 Å². The second-order valence-electron chi connectivity index (χ2n) is 5.93. The fraction of sp³-hybridized carbons (Fsp3) is 0.562. The third-order valence-corrected chi connectivity index (χ3v) is 5.52. The molecule has 3 nitrogen and oxygen atoms in total. The lowest BCUT2D eigenvalue weighted by Gasteiger charge is -2.34. The summed E-state index contributed by atoms with van der Waals surface area (Å²) in [4.78, 5) is 6.84. The van der Waals surface area contributed by atoms with Crippen molar-refractivity contribution in [2.75, 3.05) is 6.54 Å². The number of hydrogen-bond donors (Lipinski definition) is 1. The molecule has 21 heavy (non-hydrogen) atoms. The van der Waals surface area contributed by atoms with Crippen LogP contribution in [0.1, 0.15) is 50.1 Å². The maximum atomic E-state index is 6.20. The molecular formula is C16H21BrClN3. The first kappa shape index (κ1) is 15.2. The highest BCUT2D eigenvalue weighted by Gasteiger charge is 2.34. The third-order valence-electron chi connectivity index (χ3n) is 4.56. The van der Waals surface area contributed by atoms with Gasteiger partial charge in [-0.3, -0.25) is 4.99 Å². The first-order valence-electron chi connectivity index (χ1n) is 7.70. The van der Waals surface area contributed by atoms with Crippen LogP contribution in [0.25, 0.3) is 0 Å². The number of hydrogen-bond acceptors (Lipinski definition) is 3. The maximum absolute atomic E-state index is 6.20. The standard InChI is InChI=1S/C16H21BrClN3/c17-14-8-7-11(18)9-13(14)15-10-20-16(19)21(15)12-5-3-1-2-4-6-12/h7-9,12,15H,1-6,10H2,(H2,19,20). The lowest BCUT2D eigenvalue weighted by Crippen LogP contribution is -2.43. The van der Waals surface area contributed by atoms with Gasteiger partial charge in [0.05, 0.1) is 12.6 Å². The van der Waals surface area contributed by atoms with Gasteiger partial charge in [-0.2, -0.15) is 0 Å². The molecule has 5 heteroatoms. The van der Waals surface area contributed by atoms with Crippen LogP contribution in [0.4, 0.5) is 0 Å². The Morgan fingerprint density at radius 2 is 1.90 bits per heavy atom. The van der Waals surface area contributed by atoms with Crippen molar-refractivity contribution in [1.82, 2.24) is 4.90 Å². The average molecular weight is 371 g/mol. The van der Waals surface area contributed by atoms with Gasteiger partial charge in [-0.15, -0.1) is 0 Å². The Labute approximate surface area is 139 Å². The van der Waals surface area contributed by atoms with Gasteiger partial charge in [0, 0.05) is 15.5 Å².